The van der Waals surface area contributed by atoms with Crippen LogP contribution in [0.4, 0.5) is 0 Å². The molecule has 0 fully saturated rings. The van der Waals surface area contributed by atoms with Crippen molar-refractivity contribution in [3.63, 3.8) is 0 Å². The molecule has 0 unspecified atom stereocenters. The lowest BCUT2D eigenvalue weighted by Gasteiger charge is -2.15. The Balaban J connectivity index is 0.000000137. The smallest absolute Gasteiger partial charge is 0.145 e. The molecule has 0 spiro atoms. The zero-order valence-electron chi connectivity index (χ0n) is 49.9. The van der Waals surface area contributed by atoms with Crippen molar-refractivity contribution in [3.05, 3.63) is 328 Å². The van der Waals surface area contributed by atoms with Crippen molar-refractivity contribution < 1.29 is 0 Å². The van der Waals surface area contributed by atoms with E-state index in [0.717, 1.165) is 95.1 Å². The summed E-state index contributed by atoms with van der Waals surface area (Å²) in [6, 6.07) is 112. The van der Waals surface area contributed by atoms with Crippen LogP contribution in [-0.4, -0.2) is 28.9 Å². The molecule has 92 heavy (non-hydrogen) atoms. The van der Waals surface area contributed by atoms with E-state index in [0.29, 0.717) is 0 Å². The second-order valence-electron chi connectivity index (χ2n) is 23.6. The van der Waals surface area contributed by atoms with Crippen LogP contribution in [0.5, 0.6) is 0 Å². The van der Waals surface area contributed by atoms with Gasteiger partial charge in [0.2, 0.25) is 0 Å². The van der Waals surface area contributed by atoms with Crippen LogP contribution in [0.1, 0.15) is 0 Å². The Kier molecular flexibility index (Phi) is 12.5. The lowest BCUT2D eigenvalue weighted by atomic mass is 9.92. The van der Waals surface area contributed by atoms with Crippen LogP contribution in [0.2, 0.25) is 0 Å². The van der Waals surface area contributed by atoms with Gasteiger partial charge in [-0.1, -0.05) is 279 Å². The quantitative estimate of drug-likeness (QED) is 0.149. The molecule has 0 bridgehead atoms. The molecule has 14 aromatic carbocycles. The normalized spacial score (nSPS) is 11.7. The molecule has 0 amide bonds. The SMILES string of the molecule is c1ccc(-n2c(-c3ccc(-c4ccc(-c5nc6c7ccccc7c7ccccc7c6c6ccccc56)cc4)cc3)nc3ccccc32)cc1.c1ccc2c(c1)c(-c1ccc(-c3ccc(-c4cn5ccccc5n4)cc3)cc1)nc1c3ccccc3c3ccccc3c21. The molecule has 428 valence electrons. The van der Waals surface area contributed by atoms with Gasteiger partial charge in [-0.2, -0.15) is 0 Å². The molecule has 19 rings (SSSR count). The number of nitrogens with zero attached hydrogens (tertiary/aromatic N) is 6. The van der Waals surface area contributed by atoms with Crippen molar-refractivity contribution in [1.82, 2.24) is 28.9 Å². The van der Waals surface area contributed by atoms with Gasteiger partial charge >= 0.3 is 0 Å². The number of hydrogen-bond acceptors (Lipinski definition) is 4. The molecule has 5 heterocycles. The Hall–Kier alpha value is -12.4. The number of pyridine rings is 3. The third-order valence-corrected chi connectivity index (χ3v) is 18.4. The Labute approximate surface area is 529 Å². The minimum atomic E-state index is 0.934. The van der Waals surface area contributed by atoms with Crippen LogP contribution >= 0.6 is 0 Å². The molecular formula is C86H54N6. The number of aromatic nitrogens is 6. The summed E-state index contributed by atoms with van der Waals surface area (Å²) < 4.78 is 4.30. The van der Waals surface area contributed by atoms with E-state index in [2.05, 4.69) is 300 Å². The van der Waals surface area contributed by atoms with Gasteiger partial charge in [0.15, 0.2) is 0 Å². The molecule has 0 radical (unpaired) electrons. The summed E-state index contributed by atoms with van der Waals surface area (Å²) in [4.78, 5) is 20.7. The third-order valence-electron chi connectivity index (χ3n) is 18.4. The minimum Gasteiger partial charge on any atom is -0.306 e. The van der Waals surface area contributed by atoms with Crippen LogP contribution < -0.4 is 0 Å². The highest BCUT2D eigenvalue weighted by Crippen LogP contribution is 2.44. The summed E-state index contributed by atoms with van der Waals surface area (Å²) in [5.74, 6) is 0.934. The Morgan fingerprint density at radius 1 is 0.239 bits per heavy atom. The first kappa shape index (κ1) is 52.7. The van der Waals surface area contributed by atoms with Crippen LogP contribution in [-0.2, 0) is 0 Å². The zero-order chi connectivity index (χ0) is 60.6. The van der Waals surface area contributed by atoms with Gasteiger partial charge in [-0.3, -0.25) is 4.57 Å². The van der Waals surface area contributed by atoms with E-state index in [1.54, 1.807) is 0 Å². The Bertz CT molecular complexity index is 6060. The van der Waals surface area contributed by atoms with E-state index in [-0.39, 0.29) is 0 Å². The first-order valence-corrected chi connectivity index (χ1v) is 31.3. The number of rotatable bonds is 7. The van der Waals surface area contributed by atoms with Gasteiger partial charge in [-0.15, -0.1) is 0 Å². The van der Waals surface area contributed by atoms with Gasteiger partial charge in [-0.25, -0.2) is 19.9 Å². The number of hydrogen-bond donors (Lipinski definition) is 0. The first-order chi connectivity index (χ1) is 45.6. The highest BCUT2D eigenvalue weighted by atomic mass is 15.1. The van der Waals surface area contributed by atoms with Crippen molar-refractivity contribution in [2.45, 2.75) is 0 Å². The predicted molar refractivity (Wildman–Crippen MR) is 385 cm³/mol. The fraction of sp³-hybridized carbons (Fsp3) is 0. The average Bonchev–Trinajstić information content (AvgIpc) is 0.863. The van der Waals surface area contributed by atoms with Gasteiger partial charge < -0.3 is 4.40 Å². The monoisotopic (exact) mass is 1170 g/mol. The maximum absolute atomic E-state index is 5.44. The summed E-state index contributed by atoms with van der Waals surface area (Å²) in [5.41, 5.74) is 18.3. The van der Waals surface area contributed by atoms with Crippen molar-refractivity contribution in [2.75, 3.05) is 0 Å². The van der Waals surface area contributed by atoms with Crippen molar-refractivity contribution in [1.29, 1.82) is 0 Å². The van der Waals surface area contributed by atoms with Crippen LogP contribution in [0, 0.1) is 0 Å². The fourth-order valence-electron chi connectivity index (χ4n) is 14.0. The largest absolute Gasteiger partial charge is 0.306 e. The second kappa shape index (κ2) is 21.7. The van der Waals surface area contributed by atoms with Gasteiger partial charge in [0, 0.05) is 72.7 Å². The summed E-state index contributed by atoms with van der Waals surface area (Å²) in [6.07, 6.45) is 4.10. The van der Waals surface area contributed by atoms with E-state index >= 15 is 0 Å². The average molecular weight is 1170 g/mol. The summed E-state index contributed by atoms with van der Waals surface area (Å²) >= 11 is 0. The standard InChI is InChI=1S/C46H29N3.C40H25N3/c1-2-12-34(13-3-1)49-42-21-11-10-20-41(42)47-46(49)33-28-24-31(25-29-33)30-22-26-32(27-23-30)44-40-19-9-7-17-38(40)43-37-16-6-4-14-35(37)36-15-5-8-18-39(36)45(43)48-44;1-3-11-32-30(9-1)31-10-2-5-13-34(31)40-38(32)33-12-4-6-14-35(33)39(42-40)29-22-18-27(19-23-29)26-16-20-28(21-17-26)36-25-43-24-8-7-15-37(43)41-36/h1-29H;1-25H. The lowest BCUT2D eigenvalue weighted by Crippen LogP contribution is -1.97. The van der Waals surface area contributed by atoms with E-state index in [1.165, 1.54) is 81.1 Å². The highest BCUT2D eigenvalue weighted by Gasteiger charge is 2.20. The summed E-state index contributed by atoms with van der Waals surface area (Å²) in [6.45, 7) is 0. The summed E-state index contributed by atoms with van der Waals surface area (Å²) in [7, 11) is 0. The van der Waals surface area contributed by atoms with E-state index in [1.807, 2.05) is 36.5 Å². The molecule has 0 saturated carbocycles. The molecule has 5 aromatic heterocycles. The van der Waals surface area contributed by atoms with Crippen LogP contribution in [0.25, 0.3) is 176 Å². The Morgan fingerprint density at radius 2 is 0.598 bits per heavy atom. The molecule has 6 heteroatoms. The van der Waals surface area contributed by atoms with E-state index in [4.69, 9.17) is 19.9 Å². The first-order valence-electron chi connectivity index (χ1n) is 31.3. The molecule has 0 aliphatic rings. The minimum absolute atomic E-state index is 0.934. The maximum atomic E-state index is 5.44. The number of para-hydroxylation sites is 3. The molecule has 0 saturated heterocycles. The summed E-state index contributed by atoms with van der Waals surface area (Å²) in [5, 5.41) is 17.1. The lowest BCUT2D eigenvalue weighted by molar-refractivity contribution is 1.10. The number of imidazole rings is 2. The van der Waals surface area contributed by atoms with Crippen molar-refractivity contribution in [3.8, 4) is 73.1 Å². The number of benzene rings is 14. The maximum Gasteiger partial charge on any atom is 0.145 e. The van der Waals surface area contributed by atoms with Crippen molar-refractivity contribution in [2.24, 2.45) is 0 Å². The molecule has 6 nitrogen and oxygen atoms in total. The molecular weight excluding hydrogens is 1120 g/mol. The fourth-order valence-corrected chi connectivity index (χ4v) is 14.0. The Morgan fingerprint density at radius 3 is 1.08 bits per heavy atom. The highest BCUT2D eigenvalue weighted by molar-refractivity contribution is 6.32. The van der Waals surface area contributed by atoms with E-state index < -0.39 is 0 Å². The zero-order valence-corrected chi connectivity index (χ0v) is 49.9. The van der Waals surface area contributed by atoms with Crippen molar-refractivity contribution >= 4 is 103 Å². The molecule has 19 aromatic rings. The van der Waals surface area contributed by atoms with Gasteiger partial charge in [0.05, 0.1) is 39.1 Å². The second-order valence-corrected chi connectivity index (χ2v) is 23.6. The van der Waals surface area contributed by atoms with Gasteiger partial charge in [-0.05, 0) is 102 Å². The number of fused-ring (bicyclic) bond motifs is 18. The van der Waals surface area contributed by atoms with Crippen LogP contribution in [0.3, 0.4) is 0 Å². The molecule has 0 aliphatic carbocycles. The van der Waals surface area contributed by atoms with Gasteiger partial charge in [0.1, 0.15) is 11.5 Å². The third kappa shape index (κ3) is 8.80. The molecule has 0 N–H and O–H groups in total. The van der Waals surface area contributed by atoms with Crippen LogP contribution in [0.15, 0.2) is 328 Å². The van der Waals surface area contributed by atoms with E-state index in [9.17, 15) is 0 Å². The van der Waals surface area contributed by atoms with Gasteiger partial charge in [0.25, 0.3) is 0 Å². The predicted octanol–water partition coefficient (Wildman–Crippen LogP) is 22.4. The molecule has 0 atom stereocenters. The molecule has 0 aliphatic heterocycles. The topological polar surface area (TPSA) is 60.9 Å².